The van der Waals surface area contributed by atoms with E-state index in [1.165, 1.54) is 0 Å². The Morgan fingerprint density at radius 2 is 1.94 bits per heavy atom. The number of nitrogens with zero attached hydrogens (tertiary/aromatic N) is 1. The van der Waals surface area contributed by atoms with E-state index in [-0.39, 0.29) is 11.2 Å². The Hall–Kier alpha value is -2.49. The molecule has 3 N–H and O–H groups in total. The van der Waals surface area contributed by atoms with Crippen molar-refractivity contribution in [3.63, 3.8) is 0 Å². The van der Waals surface area contributed by atoms with Gasteiger partial charge in [-0.05, 0) is 12.1 Å². The Labute approximate surface area is 104 Å². The van der Waals surface area contributed by atoms with Gasteiger partial charge in [0.05, 0.1) is 0 Å². The van der Waals surface area contributed by atoms with Gasteiger partial charge in [-0.15, -0.1) is 0 Å². The Bertz CT molecular complexity index is 783. The molecule has 2 aromatic heterocycles. The first-order valence-electron chi connectivity index (χ1n) is 5.70. The van der Waals surface area contributed by atoms with Gasteiger partial charge in [0.25, 0.3) is 5.56 Å². The Morgan fingerprint density at radius 3 is 2.78 bits per heavy atom. The first kappa shape index (κ1) is 10.7. The molecule has 0 spiro atoms. The van der Waals surface area contributed by atoms with Crippen molar-refractivity contribution in [1.82, 2.24) is 9.55 Å². The van der Waals surface area contributed by atoms with Crippen LogP contribution in [0.15, 0.2) is 47.5 Å². The second-order valence-electron chi connectivity index (χ2n) is 4.30. The Kier molecular flexibility index (Phi) is 2.23. The standard InChI is InChI=1S/C14H13N3O/c1-17-8-11(9-4-2-3-5-12(9)17)10-6-7-16-14(18)13(10)15/h2-8H,15H2,1H3,(H,16,18). The van der Waals surface area contributed by atoms with Crippen LogP contribution in [0.4, 0.5) is 5.69 Å². The van der Waals surface area contributed by atoms with Crippen LogP contribution < -0.4 is 11.3 Å². The number of hydrogen-bond acceptors (Lipinski definition) is 2. The molecule has 0 atom stereocenters. The van der Waals surface area contributed by atoms with Crippen LogP contribution in [0, 0.1) is 0 Å². The summed E-state index contributed by atoms with van der Waals surface area (Å²) in [6, 6.07) is 9.88. The van der Waals surface area contributed by atoms with E-state index in [1.54, 1.807) is 6.20 Å². The van der Waals surface area contributed by atoms with E-state index < -0.39 is 0 Å². The molecule has 4 heteroatoms. The smallest absolute Gasteiger partial charge is 0.271 e. The van der Waals surface area contributed by atoms with Gasteiger partial charge in [-0.3, -0.25) is 4.79 Å². The van der Waals surface area contributed by atoms with E-state index in [1.807, 2.05) is 48.1 Å². The fourth-order valence-corrected chi connectivity index (χ4v) is 2.28. The zero-order chi connectivity index (χ0) is 12.7. The van der Waals surface area contributed by atoms with Crippen LogP contribution in [0.3, 0.4) is 0 Å². The van der Waals surface area contributed by atoms with Crippen LogP contribution >= 0.6 is 0 Å². The maximum atomic E-state index is 11.6. The van der Waals surface area contributed by atoms with E-state index in [2.05, 4.69) is 4.98 Å². The zero-order valence-electron chi connectivity index (χ0n) is 9.97. The highest BCUT2D eigenvalue weighted by Gasteiger charge is 2.11. The summed E-state index contributed by atoms with van der Waals surface area (Å²) >= 11 is 0. The number of benzene rings is 1. The zero-order valence-corrected chi connectivity index (χ0v) is 9.97. The molecule has 18 heavy (non-hydrogen) atoms. The number of aromatic nitrogens is 2. The molecule has 3 rings (SSSR count). The van der Waals surface area contributed by atoms with Gasteiger partial charge in [0.2, 0.25) is 0 Å². The SMILES string of the molecule is Cn1cc(-c2cc[nH]c(=O)c2N)c2ccccc21. The van der Waals surface area contributed by atoms with Gasteiger partial charge in [-0.25, -0.2) is 0 Å². The molecule has 0 aliphatic rings. The average Bonchev–Trinajstić information content (AvgIpc) is 2.71. The van der Waals surface area contributed by atoms with Crippen LogP contribution in [-0.4, -0.2) is 9.55 Å². The lowest BCUT2D eigenvalue weighted by Gasteiger charge is -2.02. The second kappa shape index (κ2) is 3.77. The molecule has 0 aliphatic heterocycles. The maximum absolute atomic E-state index is 11.6. The number of hydrogen-bond donors (Lipinski definition) is 2. The van der Waals surface area contributed by atoms with Crippen LogP contribution in [0.2, 0.25) is 0 Å². The molecule has 0 fully saturated rings. The number of para-hydroxylation sites is 1. The summed E-state index contributed by atoms with van der Waals surface area (Å²) in [4.78, 5) is 14.1. The van der Waals surface area contributed by atoms with E-state index in [4.69, 9.17) is 5.73 Å². The summed E-state index contributed by atoms with van der Waals surface area (Å²) in [7, 11) is 1.98. The largest absolute Gasteiger partial charge is 0.394 e. The van der Waals surface area contributed by atoms with E-state index in [0.29, 0.717) is 0 Å². The first-order valence-corrected chi connectivity index (χ1v) is 5.70. The maximum Gasteiger partial charge on any atom is 0.271 e. The van der Waals surface area contributed by atoms with Gasteiger partial charge >= 0.3 is 0 Å². The van der Waals surface area contributed by atoms with Crippen LogP contribution in [0.25, 0.3) is 22.0 Å². The van der Waals surface area contributed by atoms with Gasteiger partial charge in [-0.2, -0.15) is 0 Å². The van der Waals surface area contributed by atoms with E-state index >= 15 is 0 Å². The lowest BCUT2D eigenvalue weighted by Crippen LogP contribution is -2.11. The Balaban J connectivity index is 2.39. The van der Waals surface area contributed by atoms with Gasteiger partial charge in [0.1, 0.15) is 5.69 Å². The van der Waals surface area contributed by atoms with E-state index in [9.17, 15) is 4.79 Å². The van der Waals surface area contributed by atoms with Crippen molar-refractivity contribution in [2.75, 3.05) is 5.73 Å². The molecular weight excluding hydrogens is 226 g/mol. The Morgan fingerprint density at radius 1 is 1.17 bits per heavy atom. The van der Waals surface area contributed by atoms with Crippen molar-refractivity contribution in [3.8, 4) is 11.1 Å². The molecule has 0 radical (unpaired) electrons. The third-order valence-electron chi connectivity index (χ3n) is 3.19. The summed E-state index contributed by atoms with van der Waals surface area (Å²) in [5, 5.41) is 1.09. The third kappa shape index (κ3) is 1.43. The van der Waals surface area contributed by atoms with Crippen LogP contribution in [-0.2, 0) is 7.05 Å². The molecule has 90 valence electrons. The number of aromatic amines is 1. The van der Waals surface area contributed by atoms with Gasteiger partial charge in [0, 0.05) is 41.5 Å². The minimum absolute atomic E-state index is 0.250. The molecule has 0 unspecified atom stereocenters. The molecule has 0 aliphatic carbocycles. The minimum atomic E-state index is -0.250. The lowest BCUT2D eigenvalue weighted by atomic mass is 10.0. The number of pyridine rings is 1. The number of nitrogens with one attached hydrogen (secondary N) is 1. The number of rotatable bonds is 1. The summed E-state index contributed by atoms with van der Waals surface area (Å²) in [6.07, 6.45) is 3.62. The fraction of sp³-hybridized carbons (Fsp3) is 0.0714. The molecule has 0 amide bonds. The number of anilines is 1. The number of nitrogens with two attached hydrogens (primary N) is 1. The highest BCUT2D eigenvalue weighted by molar-refractivity contribution is 5.98. The molecule has 4 nitrogen and oxygen atoms in total. The molecular formula is C14H13N3O. The summed E-state index contributed by atoms with van der Waals surface area (Å²) in [5.74, 6) is 0. The molecule has 0 bridgehead atoms. The topological polar surface area (TPSA) is 63.8 Å². The predicted molar refractivity (Wildman–Crippen MR) is 73.4 cm³/mol. The van der Waals surface area contributed by atoms with Gasteiger partial charge in [0.15, 0.2) is 0 Å². The predicted octanol–water partition coefficient (Wildman–Crippen LogP) is 2.12. The van der Waals surface area contributed by atoms with Crippen molar-refractivity contribution in [3.05, 3.63) is 53.1 Å². The first-order chi connectivity index (χ1) is 8.68. The minimum Gasteiger partial charge on any atom is -0.394 e. The summed E-state index contributed by atoms with van der Waals surface area (Å²) in [5.41, 5.74) is 8.74. The fourth-order valence-electron chi connectivity index (χ4n) is 2.28. The molecule has 0 saturated heterocycles. The molecule has 3 aromatic rings. The molecule has 1 aromatic carbocycles. The van der Waals surface area contributed by atoms with Crippen molar-refractivity contribution < 1.29 is 0 Å². The quantitative estimate of drug-likeness (QED) is 0.683. The van der Waals surface area contributed by atoms with Crippen molar-refractivity contribution in [2.45, 2.75) is 0 Å². The number of H-pyrrole nitrogens is 1. The number of aryl methyl sites for hydroxylation is 1. The molecule has 2 heterocycles. The monoisotopic (exact) mass is 239 g/mol. The van der Waals surface area contributed by atoms with Crippen molar-refractivity contribution >= 4 is 16.6 Å². The highest BCUT2D eigenvalue weighted by atomic mass is 16.1. The summed E-state index contributed by atoms with van der Waals surface area (Å²) in [6.45, 7) is 0. The highest BCUT2D eigenvalue weighted by Crippen LogP contribution is 2.31. The lowest BCUT2D eigenvalue weighted by molar-refractivity contribution is 0.970. The van der Waals surface area contributed by atoms with Crippen LogP contribution in [0.5, 0.6) is 0 Å². The number of fused-ring (bicyclic) bond motifs is 1. The van der Waals surface area contributed by atoms with Crippen molar-refractivity contribution in [2.24, 2.45) is 7.05 Å². The van der Waals surface area contributed by atoms with E-state index in [0.717, 1.165) is 22.0 Å². The van der Waals surface area contributed by atoms with Gasteiger partial charge in [-0.1, -0.05) is 18.2 Å². The second-order valence-corrected chi connectivity index (χ2v) is 4.30. The normalized spacial score (nSPS) is 10.9. The van der Waals surface area contributed by atoms with Crippen molar-refractivity contribution in [1.29, 1.82) is 0 Å². The van der Waals surface area contributed by atoms with Gasteiger partial charge < -0.3 is 15.3 Å². The molecule has 0 saturated carbocycles. The number of nitrogen functional groups attached to an aromatic ring is 1. The third-order valence-corrected chi connectivity index (χ3v) is 3.19. The summed E-state index contributed by atoms with van der Waals surface area (Å²) < 4.78 is 2.03. The van der Waals surface area contributed by atoms with Crippen LogP contribution in [0.1, 0.15) is 0 Å². The average molecular weight is 239 g/mol.